The molecule has 0 bridgehead atoms. The van der Waals surface area contributed by atoms with E-state index in [1.54, 1.807) is 109 Å². The number of benzene rings is 5. The van der Waals surface area contributed by atoms with E-state index in [4.69, 9.17) is 65.4 Å². The maximum absolute atomic E-state index is 6.20. The maximum atomic E-state index is 6.20. The smallest absolute Gasteiger partial charge is 0.173 e. The van der Waals surface area contributed by atoms with E-state index in [0.717, 1.165) is 0 Å². The Bertz CT molecular complexity index is 1290. The first-order chi connectivity index (χ1) is 18.4. The number of hydrogen-bond donors (Lipinski definition) is 0. The molecule has 0 spiro atoms. The van der Waals surface area contributed by atoms with Gasteiger partial charge in [0.25, 0.3) is 0 Å². The predicted molar refractivity (Wildman–Crippen MR) is 153 cm³/mol. The van der Waals surface area contributed by atoms with E-state index in [-0.39, 0.29) is 0 Å². The van der Waals surface area contributed by atoms with Gasteiger partial charge in [0, 0.05) is 32.2 Å². The molecule has 0 aliphatic carbocycles. The molecular formula is C30H18Cl4O4. The molecular weight excluding hydrogens is 566 g/mol. The molecule has 0 saturated carbocycles. The van der Waals surface area contributed by atoms with Gasteiger partial charge in [0.1, 0.15) is 23.0 Å². The number of ether oxygens (including phenoxy) is 4. The highest BCUT2D eigenvalue weighted by Gasteiger charge is 2.18. The third-order valence-electron chi connectivity index (χ3n) is 5.18. The fourth-order valence-corrected chi connectivity index (χ4v) is 3.86. The lowest BCUT2D eigenvalue weighted by Gasteiger charge is -2.18. The van der Waals surface area contributed by atoms with Crippen molar-refractivity contribution in [1.82, 2.24) is 0 Å². The first-order valence-electron chi connectivity index (χ1n) is 11.3. The normalized spacial score (nSPS) is 10.6. The van der Waals surface area contributed by atoms with Crippen LogP contribution in [0.5, 0.6) is 46.0 Å². The lowest BCUT2D eigenvalue weighted by Crippen LogP contribution is -1.96. The molecule has 0 amide bonds. The highest BCUT2D eigenvalue weighted by atomic mass is 35.5. The van der Waals surface area contributed by atoms with Crippen LogP contribution in [-0.2, 0) is 0 Å². The number of rotatable bonds is 8. The quantitative estimate of drug-likeness (QED) is 0.182. The number of hydrogen-bond acceptors (Lipinski definition) is 4. The Hall–Kier alpha value is -3.54. The van der Waals surface area contributed by atoms with Crippen LogP contribution in [0.15, 0.2) is 109 Å². The van der Waals surface area contributed by atoms with Gasteiger partial charge in [0.05, 0.1) is 0 Å². The monoisotopic (exact) mass is 582 g/mol. The summed E-state index contributed by atoms with van der Waals surface area (Å²) in [5, 5.41) is 2.36. The van der Waals surface area contributed by atoms with Gasteiger partial charge in [-0.2, -0.15) is 0 Å². The Balaban J connectivity index is 1.59. The zero-order chi connectivity index (χ0) is 26.5. The summed E-state index contributed by atoms with van der Waals surface area (Å²) in [7, 11) is 0. The van der Waals surface area contributed by atoms with Gasteiger partial charge in [-0.25, -0.2) is 0 Å². The van der Waals surface area contributed by atoms with Crippen LogP contribution in [0.25, 0.3) is 0 Å². The molecule has 4 nitrogen and oxygen atoms in total. The van der Waals surface area contributed by atoms with Crippen molar-refractivity contribution in [2.45, 2.75) is 0 Å². The summed E-state index contributed by atoms with van der Waals surface area (Å²) < 4.78 is 24.8. The molecule has 0 atom stereocenters. The largest absolute Gasteiger partial charge is 0.453 e. The fraction of sp³-hybridized carbons (Fsp3) is 0. The van der Waals surface area contributed by atoms with Gasteiger partial charge in [0.2, 0.25) is 0 Å². The van der Waals surface area contributed by atoms with Crippen LogP contribution in [0.3, 0.4) is 0 Å². The first kappa shape index (κ1) is 26.1. The minimum Gasteiger partial charge on any atom is -0.453 e. The van der Waals surface area contributed by atoms with Crippen LogP contribution in [0, 0.1) is 0 Å². The molecule has 0 radical (unpaired) electrons. The van der Waals surface area contributed by atoms with E-state index >= 15 is 0 Å². The van der Waals surface area contributed by atoms with E-state index in [1.165, 1.54) is 0 Å². The lowest BCUT2D eigenvalue weighted by atomic mass is 10.2. The summed E-state index contributed by atoms with van der Waals surface area (Å²) in [6.07, 6.45) is 0. The Labute approximate surface area is 239 Å². The Morgan fingerprint density at radius 2 is 0.474 bits per heavy atom. The average Bonchev–Trinajstić information content (AvgIpc) is 2.91. The molecule has 0 fully saturated rings. The van der Waals surface area contributed by atoms with Crippen LogP contribution < -0.4 is 18.9 Å². The second-order valence-corrected chi connectivity index (χ2v) is 9.72. The van der Waals surface area contributed by atoms with E-state index in [1.807, 2.05) is 0 Å². The average molecular weight is 584 g/mol. The molecule has 0 aromatic heterocycles. The summed E-state index contributed by atoms with van der Waals surface area (Å²) in [5.74, 6) is 3.76. The minimum absolute atomic E-state index is 0.384. The summed E-state index contributed by atoms with van der Waals surface area (Å²) in [5.41, 5.74) is 0. The third kappa shape index (κ3) is 6.85. The molecule has 0 N–H and O–H groups in total. The van der Waals surface area contributed by atoms with E-state index in [2.05, 4.69) is 0 Å². The molecule has 190 valence electrons. The van der Waals surface area contributed by atoms with Crippen molar-refractivity contribution in [3.8, 4) is 46.0 Å². The van der Waals surface area contributed by atoms with Crippen LogP contribution in [0.4, 0.5) is 0 Å². The Kier molecular flexibility index (Phi) is 8.16. The van der Waals surface area contributed by atoms with Gasteiger partial charge in [-0.15, -0.1) is 0 Å². The van der Waals surface area contributed by atoms with Crippen LogP contribution in [0.2, 0.25) is 20.1 Å². The van der Waals surface area contributed by atoms with Gasteiger partial charge >= 0.3 is 0 Å². The maximum Gasteiger partial charge on any atom is 0.173 e. The third-order valence-corrected chi connectivity index (χ3v) is 6.18. The van der Waals surface area contributed by atoms with Crippen molar-refractivity contribution >= 4 is 46.4 Å². The van der Waals surface area contributed by atoms with Crippen molar-refractivity contribution in [1.29, 1.82) is 0 Å². The van der Waals surface area contributed by atoms with Crippen LogP contribution in [0.1, 0.15) is 0 Å². The molecule has 5 aromatic rings. The van der Waals surface area contributed by atoms with E-state index in [0.29, 0.717) is 66.1 Å². The van der Waals surface area contributed by atoms with Crippen molar-refractivity contribution in [2.75, 3.05) is 0 Å². The van der Waals surface area contributed by atoms with Crippen molar-refractivity contribution in [3.05, 3.63) is 129 Å². The summed E-state index contributed by atoms with van der Waals surface area (Å²) >= 11 is 24.2. The Morgan fingerprint density at radius 3 is 0.658 bits per heavy atom. The van der Waals surface area contributed by atoms with Gasteiger partial charge in [-0.3, -0.25) is 0 Å². The topological polar surface area (TPSA) is 36.9 Å². The molecule has 0 saturated heterocycles. The highest BCUT2D eigenvalue weighted by Crippen LogP contribution is 2.46. The zero-order valence-corrected chi connectivity index (χ0v) is 22.6. The molecule has 0 unspecified atom stereocenters. The van der Waals surface area contributed by atoms with Crippen molar-refractivity contribution in [2.24, 2.45) is 0 Å². The van der Waals surface area contributed by atoms with Gasteiger partial charge in [0.15, 0.2) is 23.0 Å². The summed E-state index contributed by atoms with van der Waals surface area (Å²) in [6, 6.07) is 31.3. The van der Waals surface area contributed by atoms with E-state index in [9.17, 15) is 0 Å². The lowest BCUT2D eigenvalue weighted by molar-refractivity contribution is 0.390. The second-order valence-electron chi connectivity index (χ2n) is 7.97. The SMILES string of the molecule is Clc1ccc(Oc2cc(Oc3ccc(Cl)cc3)c(Oc3ccc(Cl)cc3)cc2Oc2ccc(Cl)cc2)cc1. The summed E-state index contributed by atoms with van der Waals surface area (Å²) in [6.45, 7) is 0. The second kappa shape index (κ2) is 11.9. The van der Waals surface area contributed by atoms with Crippen LogP contribution in [-0.4, -0.2) is 0 Å². The van der Waals surface area contributed by atoms with Crippen LogP contribution >= 0.6 is 46.4 Å². The van der Waals surface area contributed by atoms with Crippen molar-refractivity contribution in [3.63, 3.8) is 0 Å². The molecule has 0 aliphatic rings. The molecule has 38 heavy (non-hydrogen) atoms. The predicted octanol–water partition coefficient (Wildman–Crippen LogP) is 11.5. The summed E-state index contributed by atoms with van der Waals surface area (Å²) in [4.78, 5) is 0. The number of halogens is 4. The first-order valence-corrected chi connectivity index (χ1v) is 12.8. The fourth-order valence-electron chi connectivity index (χ4n) is 3.36. The van der Waals surface area contributed by atoms with Gasteiger partial charge < -0.3 is 18.9 Å². The molecule has 5 aromatic carbocycles. The Morgan fingerprint density at radius 1 is 0.289 bits per heavy atom. The highest BCUT2D eigenvalue weighted by molar-refractivity contribution is 6.31. The molecule has 0 aliphatic heterocycles. The molecule has 0 heterocycles. The standard InChI is InChI=1S/C30H18Cl4O4/c31-19-1-9-23(10-2-19)35-27-17-29(37-25-13-5-21(33)6-14-25)30(38-26-15-7-22(34)8-16-26)18-28(27)36-24-11-3-20(32)4-12-24/h1-18H. The van der Waals surface area contributed by atoms with E-state index < -0.39 is 0 Å². The zero-order valence-electron chi connectivity index (χ0n) is 19.5. The molecule has 8 heteroatoms. The van der Waals surface area contributed by atoms with Gasteiger partial charge in [-0.05, 0) is 97.1 Å². The molecule has 5 rings (SSSR count). The minimum atomic E-state index is 0.384. The van der Waals surface area contributed by atoms with Crippen molar-refractivity contribution < 1.29 is 18.9 Å². The van der Waals surface area contributed by atoms with Gasteiger partial charge in [-0.1, -0.05) is 46.4 Å².